The lowest BCUT2D eigenvalue weighted by atomic mass is 10.1. The van der Waals surface area contributed by atoms with Gasteiger partial charge in [-0.15, -0.1) is 0 Å². The number of nitrogens with zero attached hydrogens (tertiary/aromatic N) is 3. The van der Waals surface area contributed by atoms with E-state index in [1.807, 2.05) is 6.07 Å². The second-order valence-electron chi connectivity index (χ2n) is 5.05. The van der Waals surface area contributed by atoms with E-state index in [1.165, 1.54) is 16.8 Å². The molecule has 0 saturated heterocycles. The molecule has 1 aromatic heterocycles. The third kappa shape index (κ3) is 3.25. The maximum atomic E-state index is 11.9. The molecule has 0 fully saturated rings. The fraction of sp³-hybridized carbons (Fsp3) is 0. The predicted octanol–water partition coefficient (Wildman–Crippen LogP) is 3.37. The van der Waals surface area contributed by atoms with Crippen LogP contribution in [0.5, 0.6) is 0 Å². The molecule has 3 aromatic rings. The fourth-order valence-corrected chi connectivity index (χ4v) is 3.48. The van der Waals surface area contributed by atoms with Crippen LogP contribution < -0.4 is 5.14 Å². The van der Waals surface area contributed by atoms with Gasteiger partial charge in [0.1, 0.15) is 16.0 Å². The molecule has 25 heavy (non-hydrogen) atoms. The summed E-state index contributed by atoms with van der Waals surface area (Å²) in [5.41, 5.74) is 1.15. The summed E-state index contributed by atoms with van der Waals surface area (Å²) in [6, 6.07) is 14.7. The van der Waals surface area contributed by atoms with Gasteiger partial charge in [-0.1, -0.05) is 47.5 Å². The Bertz CT molecular complexity index is 1100. The predicted molar refractivity (Wildman–Crippen MR) is 95.1 cm³/mol. The molecule has 0 aliphatic carbocycles. The molecule has 0 aliphatic heterocycles. The molecule has 0 amide bonds. The summed E-state index contributed by atoms with van der Waals surface area (Å²) in [5, 5.41) is 19.3. The first kappa shape index (κ1) is 17.5. The summed E-state index contributed by atoms with van der Waals surface area (Å²) in [5.74, 6) is 0. The summed E-state index contributed by atoms with van der Waals surface area (Å²) in [6.07, 6.45) is 0. The number of aromatic nitrogens is 2. The smallest absolute Gasteiger partial charge is 0.229 e. The van der Waals surface area contributed by atoms with Crippen molar-refractivity contribution in [1.29, 1.82) is 5.26 Å². The fourth-order valence-electron chi connectivity index (χ4n) is 2.37. The third-order valence-corrected chi connectivity index (χ3v) is 5.02. The van der Waals surface area contributed by atoms with E-state index in [0.717, 1.165) is 0 Å². The number of halogens is 2. The number of nitrogens with two attached hydrogens (primary N) is 1. The van der Waals surface area contributed by atoms with Gasteiger partial charge >= 0.3 is 0 Å². The Hall–Kier alpha value is -2.37. The van der Waals surface area contributed by atoms with E-state index < -0.39 is 10.0 Å². The molecule has 1 heterocycles. The number of hydrogen-bond donors (Lipinski definition) is 1. The highest BCUT2D eigenvalue weighted by molar-refractivity contribution is 7.89. The monoisotopic (exact) mass is 392 g/mol. The van der Waals surface area contributed by atoms with Gasteiger partial charge in [-0.3, -0.25) is 0 Å². The van der Waals surface area contributed by atoms with Gasteiger partial charge < -0.3 is 0 Å². The van der Waals surface area contributed by atoms with Crippen LogP contribution in [0.2, 0.25) is 10.0 Å². The lowest BCUT2D eigenvalue weighted by molar-refractivity contribution is 0.596. The lowest BCUT2D eigenvalue weighted by Crippen LogP contribution is -2.16. The van der Waals surface area contributed by atoms with Crippen molar-refractivity contribution in [3.8, 4) is 23.0 Å². The van der Waals surface area contributed by atoms with Crippen molar-refractivity contribution in [3.05, 3.63) is 64.3 Å². The van der Waals surface area contributed by atoms with E-state index in [0.29, 0.717) is 16.3 Å². The minimum absolute atomic E-state index is 0.0316. The second-order valence-corrected chi connectivity index (χ2v) is 7.40. The minimum Gasteiger partial charge on any atom is -0.229 e. The first-order chi connectivity index (χ1) is 11.8. The number of primary sulfonamides is 1. The normalized spacial score (nSPS) is 11.3. The maximum Gasteiger partial charge on any atom is 0.240 e. The summed E-state index contributed by atoms with van der Waals surface area (Å²) >= 11 is 12.2. The van der Waals surface area contributed by atoms with Crippen LogP contribution in [0, 0.1) is 11.3 Å². The van der Waals surface area contributed by atoms with Crippen LogP contribution in [0.15, 0.2) is 53.4 Å². The number of sulfonamides is 1. The highest BCUT2D eigenvalue weighted by Gasteiger charge is 2.23. The lowest BCUT2D eigenvalue weighted by Gasteiger charge is -2.11. The first-order valence-corrected chi connectivity index (χ1v) is 9.20. The zero-order valence-electron chi connectivity index (χ0n) is 12.5. The maximum absolute atomic E-state index is 11.9. The highest BCUT2D eigenvalue weighted by atomic mass is 35.5. The second kappa shape index (κ2) is 6.50. The van der Waals surface area contributed by atoms with Crippen LogP contribution in [0.3, 0.4) is 0 Å². The van der Waals surface area contributed by atoms with Crippen molar-refractivity contribution in [3.63, 3.8) is 0 Å². The largest absolute Gasteiger partial charge is 0.240 e. The molecule has 0 bridgehead atoms. The van der Waals surface area contributed by atoms with E-state index in [9.17, 15) is 13.7 Å². The molecule has 0 aliphatic rings. The first-order valence-electron chi connectivity index (χ1n) is 6.89. The Morgan fingerprint density at radius 2 is 1.72 bits per heavy atom. The van der Waals surface area contributed by atoms with Crippen molar-refractivity contribution in [1.82, 2.24) is 9.78 Å². The molecule has 0 spiro atoms. The van der Waals surface area contributed by atoms with Crippen LogP contribution in [-0.4, -0.2) is 18.2 Å². The molecule has 9 heteroatoms. The van der Waals surface area contributed by atoms with Gasteiger partial charge in [-0.05, 0) is 24.3 Å². The Kier molecular flexibility index (Phi) is 4.54. The third-order valence-electron chi connectivity index (χ3n) is 3.45. The zero-order chi connectivity index (χ0) is 18.2. The Labute approximate surface area is 154 Å². The van der Waals surface area contributed by atoms with Gasteiger partial charge in [0.05, 0.1) is 11.4 Å². The van der Waals surface area contributed by atoms with Gasteiger partial charge in [-0.2, -0.15) is 10.4 Å². The zero-order valence-corrected chi connectivity index (χ0v) is 14.8. The van der Waals surface area contributed by atoms with Crippen molar-refractivity contribution in [2.45, 2.75) is 4.90 Å². The van der Waals surface area contributed by atoms with E-state index in [1.54, 1.807) is 36.4 Å². The minimum atomic E-state index is -4.01. The average Bonchev–Trinajstić information content (AvgIpc) is 2.91. The molecular weight excluding hydrogens is 383 g/mol. The molecular formula is C16H10Cl2N4O2S. The molecule has 0 atom stereocenters. The number of hydrogen-bond acceptors (Lipinski definition) is 4. The molecule has 126 valence electrons. The van der Waals surface area contributed by atoms with Crippen LogP contribution in [-0.2, 0) is 10.0 Å². The summed E-state index contributed by atoms with van der Waals surface area (Å²) in [6.45, 7) is 0. The SMILES string of the molecule is N#Cc1nn(-c2ccccc2S(N)(=O)=O)c(-c2ccc(Cl)cc2)c1Cl. The van der Waals surface area contributed by atoms with Crippen molar-refractivity contribution in [2.24, 2.45) is 5.14 Å². The standard InChI is InChI=1S/C16H10Cl2N4O2S/c17-11-7-5-10(6-8-11)16-15(18)12(9-19)21-22(16)13-3-1-2-4-14(13)25(20,23)24/h1-8H,(H2,20,23,24). The Morgan fingerprint density at radius 3 is 2.32 bits per heavy atom. The summed E-state index contributed by atoms with van der Waals surface area (Å²) < 4.78 is 25.1. The van der Waals surface area contributed by atoms with Crippen LogP contribution in [0.4, 0.5) is 0 Å². The van der Waals surface area contributed by atoms with Crippen molar-refractivity contribution < 1.29 is 8.42 Å². The molecule has 2 N–H and O–H groups in total. The molecule has 3 rings (SSSR count). The molecule has 6 nitrogen and oxygen atoms in total. The quantitative estimate of drug-likeness (QED) is 0.737. The molecule has 0 unspecified atom stereocenters. The van der Waals surface area contributed by atoms with Crippen LogP contribution in [0.25, 0.3) is 16.9 Å². The van der Waals surface area contributed by atoms with Crippen molar-refractivity contribution in [2.75, 3.05) is 0 Å². The Morgan fingerprint density at radius 1 is 1.08 bits per heavy atom. The Balaban J connectivity index is 2.36. The number of nitriles is 1. The van der Waals surface area contributed by atoms with Gasteiger partial charge in [0.2, 0.25) is 10.0 Å². The molecule has 0 radical (unpaired) electrons. The summed E-state index contributed by atoms with van der Waals surface area (Å²) in [4.78, 5) is -0.131. The van der Waals surface area contributed by atoms with Gasteiger partial charge in [-0.25, -0.2) is 18.2 Å². The number of para-hydroxylation sites is 1. The van der Waals surface area contributed by atoms with Gasteiger partial charge in [0, 0.05) is 10.6 Å². The average molecular weight is 393 g/mol. The van der Waals surface area contributed by atoms with Crippen molar-refractivity contribution >= 4 is 33.2 Å². The highest BCUT2D eigenvalue weighted by Crippen LogP contribution is 2.34. The van der Waals surface area contributed by atoms with Gasteiger partial charge in [0.25, 0.3) is 0 Å². The van der Waals surface area contributed by atoms with Crippen LogP contribution >= 0.6 is 23.2 Å². The van der Waals surface area contributed by atoms with E-state index in [-0.39, 0.29) is 21.3 Å². The summed E-state index contributed by atoms with van der Waals surface area (Å²) in [7, 11) is -4.01. The molecule has 2 aromatic carbocycles. The van der Waals surface area contributed by atoms with Gasteiger partial charge in [0.15, 0.2) is 5.69 Å². The number of benzene rings is 2. The molecule has 0 saturated carbocycles. The van der Waals surface area contributed by atoms with Crippen LogP contribution in [0.1, 0.15) is 5.69 Å². The van der Waals surface area contributed by atoms with E-state index >= 15 is 0 Å². The van der Waals surface area contributed by atoms with E-state index in [4.69, 9.17) is 28.3 Å². The topological polar surface area (TPSA) is 102 Å². The number of rotatable bonds is 3. The van der Waals surface area contributed by atoms with E-state index in [2.05, 4.69) is 5.10 Å².